The predicted molar refractivity (Wildman–Crippen MR) is 107 cm³/mol. The zero-order valence-electron chi connectivity index (χ0n) is 16.7. The van der Waals surface area contributed by atoms with Gasteiger partial charge in [-0.25, -0.2) is 14.8 Å². The van der Waals surface area contributed by atoms with E-state index in [1.165, 1.54) is 6.33 Å². The second kappa shape index (κ2) is 8.82. The molecule has 0 bridgehead atoms. The molecule has 0 N–H and O–H groups in total. The molecule has 0 aliphatic carbocycles. The lowest BCUT2D eigenvalue weighted by atomic mass is 10.1. The lowest BCUT2D eigenvalue weighted by Crippen LogP contribution is -2.35. The van der Waals surface area contributed by atoms with E-state index in [0.29, 0.717) is 11.2 Å². The van der Waals surface area contributed by atoms with Gasteiger partial charge in [-0.05, 0) is 32.4 Å². The van der Waals surface area contributed by atoms with Crippen LogP contribution in [-0.2, 0) is 33.0 Å². The molecule has 4 heterocycles. The van der Waals surface area contributed by atoms with Crippen LogP contribution in [0.4, 0.5) is 0 Å². The maximum atomic E-state index is 11.9. The van der Waals surface area contributed by atoms with E-state index in [-0.39, 0.29) is 23.7 Å². The van der Waals surface area contributed by atoms with E-state index in [9.17, 15) is 9.36 Å². The van der Waals surface area contributed by atoms with Gasteiger partial charge in [0.05, 0.1) is 19.5 Å². The minimum Gasteiger partial charge on any atom is -0.463 e. The topological polar surface area (TPSA) is 124 Å². The molecule has 0 radical (unpaired) electrons. The summed E-state index contributed by atoms with van der Waals surface area (Å²) in [6.45, 7) is 5.26. The van der Waals surface area contributed by atoms with E-state index in [4.69, 9.17) is 46.9 Å². The molecule has 0 aromatic carbocycles. The van der Waals surface area contributed by atoms with Crippen LogP contribution >= 0.6 is 31.7 Å². The molecule has 0 amide bonds. The van der Waals surface area contributed by atoms with E-state index in [2.05, 4.69) is 15.0 Å². The van der Waals surface area contributed by atoms with Gasteiger partial charge in [0.25, 0.3) is 0 Å². The van der Waals surface area contributed by atoms with Gasteiger partial charge in [0.1, 0.15) is 23.8 Å². The van der Waals surface area contributed by atoms with Crippen LogP contribution in [0.15, 0.2) is 6.33 Å². The summed E-state index contributed by atoms with van der Waals surface area (Å²) >= 11 is 12.1. The Bertz CT molecular complexity index is 1010. The number of esters is 1. The largest absolute Gasteiger partial charge is 0.463 e. The standard InChI is InChI=1S/C17H19Cl2N4O7P/c1-4-26-14(24)15(31-25)27-5-7-9-10(30-17(2,3)29-9)13(28-7)23-6-20-8-11(18)21-16(19)22-12(8)23/h6-7,9-10,13,15H,4-5H2,1-3H3/t7-,9-,10-,13-,15?/m1/s1. The highest BCUT2D eigenvalue weighted by molar-refractivity contribution is 7.26. The number of aromatic nitrogens is 4. The van der Waals surface area contributed by atoms with Crippen LogP contribution in [0.2, 0.25) is 10.4 Å². The minimum atomic E-state index is -1.27. The number of nitrogens with zero attached hydrogens (tertiary/aromatic N) is 4. The highest BCUT2D eigenvalue weighted by Gasteiger charge is 2.56. The molecular weight excluding hydrogens is 474 g/mol. The Morgan fingerprint density at radius 1 is 1.32 bits per heavy atom. The zero-order valence-corrected chi connectivity index (χ0v) is 19.1. The second-order valence-corrected chi connectivity index (χ2v) is 8.66. The number of ether oxygens (including phenoxy) is 5. The fourth-order valence-corrected chi connectivity index (χ4v) is 4.33. The first-order chi connectivity index (χ1) is 14.7. The molecule has 31 heavy (non-hydrogen) atoms. The Labute approximate surface area is 188 Å². The maximum absolute atomic E-state index is 11.9. The van der Waals surface area contributed by atoms with Gasteiger partial charge in [-0.1, -0.05) is 11.6 Å². The van der Waals surface area contributed by atoms with Crippen molar-refractivity contribution in [1.82, 2.24) is 19.5 Å². The molecule has 0 saturated carbocycles. The molecular formula is C17H19Cl2N4O7P. The van der Waals surface area contributed by atoms with E-state index in [1.54, 1.807) is 25.3 Å². The molecule has 14 heteroatoms. The van der Waals surface area contributed by atoms with E-state index in [0.717, 1.165) is 0 Å². The van der Waals surface area contributed by atoms with Gasteiger partial charge in [-0.15, -0.1) is 0 Å². The van der Waals surface area contributed by atoms with Crippen LogP contribution in [0.25, 0.3) is 11.2 Å². The maximum Gasteiger partial charge on any atom is 0.347 e. The molecule has 5 atom stereocenters. The van der Waals surface area contributed by atoms with Crippen molar-refractivity contribution < 1.29 is 33.0 Å². The molecule has 11 nitrogen and oxygen atoms in total. The number of halogens is 2. The van der Waals surface area contributed by atoms with Gasteiger partial charge in [0.2, 0.25) is 11.1 Å². The fraction of sp³-hybridized carbons (Fsp3) is 0.647. The average Bonchev–Trinajstić information content (AvgIpc) is 3.34. The summed E-state index contributed by atoms with van der Waals surface area (Å²) in [6.07, 6.45) is -0.909. The van der Waals surface area contributed by atoms with Crippen LogP contribution in [0.1, 0.15) is 27.0 Å². The van der Waals surface area contributed by atoms with Crippen molar-refractivity contribution >= 4 is 48.8 Å². The summed E-state index contributed by atoms with van der Waals surface area (Å²) in [7, 11) is -0.516. The monoisotopic (exact) mass is 492 g/mol. The SMILES string of the molecule is CCOC(=O)C(OC[C@H]1O[C@@H](n2cnc3c(Cl)nc(Cl)nc32)[C@@H]2OC(C)(C)O[C@@H]21)P=O. The molecule has 168 valence electrons. The fourth-order valence-electron chi connectivity index (χ4n) is 3.60. The van der Waals surface area contributed by atoms with E-state index >= 15 is 0 Å². The van der Waals surface area contributed by atoms with Crippen molar-refractivity contribution in [2.75, 3.05) is 13.2 Å². The second-order valence-electron chi connectivity index (χ2n) is 7.28. The summed E-state index contributed by atoms with van der Waals surface area (Å²) in [4.78, 5) is 24.2. The van der Waals surface area contributed by atoms with Crippen molar-refractivity contribution in [1.29, 1.82) is 0 Å². The van der Waals surface area contributed by atoms with Crippen LogP contribution in [-0.4, -0.2) is 68.6 Å². The van der Waals surface area contributed by atoms with Gasteiger partial charge in [0, 0.05) is 0 Å². The van der Waals surface area contributed by atoms with Crippen molar-refractivity contribution in [2.24, 2.45) is 0 Å². The van der Waals surface area contributed by atoms with E-state index < -0.39 is 50.6 Å². The summed E-state index contributed by atoms with van der Waals surface area (Å²) < 4.78 is 41.5. The average molecular weight is 493 g/mol. The number of imidazole rings is 1. The lowest BCUT2D eigenvalue weighted by molar-refractivity contribution is -0.203. The molecule has 4 rings (SSSR count). The number of carbonyl (C=O) groups is 1. The Hall–Kier alpha value is -1.46. The number of hydrogen-bond acceptors (Lipinski definition) is 10. The van der Waals surface area contributed by atoms with Crippen LogP contribution < -0.4 is 0 Å². The van der Waals surface area contributed by atoms with Gasteiger partial charge in [-0.2, -0.15) is 4.98 Å². The molecule has 2 aromatic rings. The number of hydrogen-bond donors (Lipinski definition) is 0. The number of fused-ring (bicyclic) bond motifs is 2. The smallest absolute Gasteiger partial charge is 0.347 e. The summed E-state index contributed by atoms with van der Waals surface area (Å²) in [5.41, 5.74) is 0.725. The molecule has 1 unspecified atom stereocenters. The molecule has 2 aliphatic rings. The molecule has 2 aromatic heterocycles. The van der Waals surface area contributed by atoms with Crippen LogP contribution in [0.3, 0.4) is 0 Å². The normalized spacial score (nSPS) is 28.2. The molecule has 0 spiro atoms. The first kappa shape index (κ1) is 22.7. The zero-order chi connectivity index (χ0) is 22.3. The summed E-state index contributed by atoms with van der Waals surface area (Å²) in [6, 6.07) is 0. The van der Waals surface area contributed by atoms with Gasteiger partial charge >= 0.3 is 5.97 Å². The van der Waals surface area contributed by atoms with Crippen LogP contribution in [0.5, 0.6) is 0 Å². The Morgan fingerprint density at radius 2 is 2.06 bits per heavy atom. The van der Waals surface area contributed by atoms with Crippen molar-refractivity contribution in [3.05, 3.63) is 16.8 Å². The Kier molecular flexibility index (Phi) is 6.47. The van der Waals surface area contributed by atoms with Crippen molar-refractivity contribution in [2.45, 2.75) is 56.9 Å². The third-order valence-electron chi connectivity index (χ3n) is 4.75. The number of rotatable bonds is 7. The highest BCUT2D eigenvalue weighted by Crippen LogP contribution is 2.44. The first-order valence-electron chi connectivity index (χ1n) is 9.41. The van der Waals surface area contributed by atoms with Crippen LogP contribution in [0, 0.1) is 0 Å². The van der Waals surface area contributed by atoms with Gasteiger partial charge in [-0.3, -0.25) is 9.13 Å². The van der Waals surface area contributed by atoms with Crippen molar-refractivity contribution in [3.63, 3.8) is 0 Å². The third kappa shape index (κ3) is 4.41. The van der Waals surface area contributed by atoms with Gasteiger partial charge < -0.3 is 23.7 Å². The third-order valence-corrected chi connectivity index (χ3v) is 5.74. The first-order valence-corrected chi connectivity index (χ1v) is 11.0. The van der Waals surface area contributed by atoms with E-state index in [1.807, 2.05) is 0 Å². The number of carbonyl (C=O) groups excluding carboxylic acids is 1. The molecule has 2 fully saturated rings. The molecule has 2 saturated heterocycles. The Morgan fingerprint density at radius 3 is 2.77 bits per heavy atom. The molecule has 2 aliphatic heterocycles. The lowest BCUT2D eigenvalue weighted by Gasteiger charge is -2.25. The van der Waals surface area contributed by atoms with Gasteiger partial charge in [0.15, 0.2) is 31.3 Å². The summed E-state index contributed by atoms with van der Waals surface area (Å²) in [5, 5.41) is 0.0724. The highest BCUT2D eigenvalue weighted by atomic mass is 35.5. The summed E-state index contributed by atoms with van der Waals surface area (Å²) in [5.74, 6) is -2.88. The Balaban J connectivity index is 1.59. The van der Waals surface area contributed by atoms with Crippen molar-refractivity contribution in [3.8, 4) is 0 Å². The quantitative estimate of drug-likeness (QED) is 0.246. The predicted octanol–water partition coefficient (Wildman–Crippen LogP) is 2.75. The minimum absolute atomic E-state index is 0.0377.